The summed E-state index contributed by atoms with van der Waals surface area (Å²) in [7, 11) is 3.42. The maximum atomic E-state index is 12.0. The molecular weight excluding hydrogens is 224 g/mol. The first kappa shape index (κ1) is 13.9. The topological polar surface area (TPSA) is 78.9 Å². The molecule has 1 amide bonds. The maximum Gasteiger partial charge on any atom is 0.311 e. The number of amides is 1. The molecule has 1 fully saturated rings. The van der Waals surface area contributed by atoms with Crippen molar-refractivity contribution in [2.75, 3.05) is 33.9 Å². The van der Waals surface area contributed by atoms with Gasteiger partial charge in [-0.05, 0) is 7.05 Å². The van der Waals surface area contributed by atoms with E-state index in [2.05, 4.69) is 5.32 Å². The van der Waals surface area contributed by atoms with Gasteiger partial charge in [-0.1, -0.05) is 6.92 Å². The van der Waals surface area contributed by atoms with Crippen LogP contribution in [-0.4, -0.2) is 61.8 Å². The van der Waals surface area contributed by atoms with Gasteiger partial charge in [0.1, 0.15) is 5.92 Å². The molecular formula is C11H20N2O4. The first-order valence-electron chi connectivity index (χ1n) is 5.70. The fourth-order valence-electron chi connectivity index (χ4n) is 2.07. The van der Waals surface area contributed by atoms with Gasteiger partial charge in [0.15, 0.2) is 0 Å². The lowest BCUT2D eigenvalue weighted by molar-refractivity contribution is -0.145. The van der Waals surface area contributed by atoms with Crippen LogP contribution in [0, 0.1) is 11.8 Å². The van der Waals surface area contributed by atoms with Gasteiger partial charge in [-0.2, -0.15) is 0 Å². The van der Waals surface area contributed by atoms with Crippen molar-refractivity contribution < 1.29 is 19.4 Å². The molecule has 1 aliphatic rings. The van der Waals surface area contributed by atoms with Gasteiger partial charge in [0, 0.05) is 19.5 Å². The summed E-state index contributed by atoms with van der Waals surface area (Å²) >= 11 is 0. The summed E-state index contributed by atoms with van der Waals surface area (Å²) in [5, 5.41) is 12.0. The number of nitrogens with one attached hydrogen (secondary N) is 1. The molecule has 0 aromatic carbocycles. The number of hydrogen-bond donors (Lipinski definition) is 2. The molecule has 1 saturated heterocycles. The molecule has 98 valence electrons. The van der Waals surface area contributed by atoms with Crippen LogP contribution >= 0.6 is 0 Å². The molecule has 0 aromatic heterocycles. The Labute approximate surface area is 101 Å². The number of likely N-dealkylation sites (N-methyl/N-ethyl adjacent to an activating group) is 1. The minimum atomic E-state index is -0.909. The van der Waals surface area contributed by atoms with Crippen molar-refractivity contribution in [2.24, 2.45) is 11.8 Å². The van der Waals surface area contributed by atoms with Crippen LogP contribution in [0.3, 0.4) is 0 Å². The minimum absolute atomic E-state index is 0.0545. The Morgan fingerprint density at radius 2 is 2.18 bits per heavy atom. The number of nitrogens with zero attached hydrogens (tertiary/aromatic N) is 1. The van der Waals surface area contributed by atoms with E-state index in [1.165, 1.54) is 4.90 Å². The van der Waals surface area contributed by atoms with Crippen LogP contribution in [-0.2, 0) is 14.3 Å². The molecule has 17 heavy (non-hydrogen) atoms. The lowest BCUT2D eigenvalue weighted by atomic mass is 10.0. The summed E-state index contributed by atoms with van der Waals surface area (Å²) in [5.74, 6) is -1.75. The van der Waals surface area contributed by atoms with Gasteiger partial charge in [0.2, 0.25) is 5.91 Å². The maximum absolute atomic E-state index is 12.0. The smallest absolute Gasteiger partial charge is 0.311 e. The highest BCUT2D eigenvalue weighted by atomic mass is 16.5. The van der Waals surface area contributed by atoms with E-state index >= 15 is 0 Å². The molecule has 0 aliphatic carbocycles. The summed E-state index contributed by atoms with van der Waals surface area (Å²) < 4.78 is 5.15. The number of carboxylic acids is 1. The number of carboxylic acid groups (broad SMARTS) is 1. The van der Waals surface area contributed by atoms with Crippen molar-refractivity contribution in [1.29, 1.82) is 0 Å². The highest BCUT2D eigenvalue weighted by molar-refractivity contribution is 5.80. The summed E-state index contributed by atoms with van der Waals surface area (Å²) in [6.45, 7) is 2.87. The normalized spacial score (nSPS) is 25.6. The monoisotopic (exact) mass is 244 g/mol. The predicted octanol–water partition coefficient (Wildman–Crippen LogP) is -0.600. The highest BCUT2D eigenvalue weighted by Crippen LogP contribution is 2.20. The van der Waals surface area contributed by atoms with E-state index in [-0.39, 0.29) is 24.5 Å². The first-order valence-corrected chi connectivity index (χ1v) is 5.70. The Morgan fingerprint density at radius 1 is 1.53 bits per heavy atom. The zero-order chi connectivity index (χ0) is 13.0. The van der Waals surface area contributed by atoms with Crippen LogP contribution in [0.25, 0.3) is 0 Å². The van der Waals surface area contributed by atoms with Crippen LogP contribution in [0.4, 0.5) is 0 Å². The van der Waals surface area contributed by atoms with Crippen molar-refractivity contribution in [3.05, 3.63) is 0 Å². The van der Waals surface area contributed by atoms with Crippen LogP contribution in [0.5, 0.6) is 0 Å². The Kier molecular flexibility index (Phi) is 4.89. The quantitative estimate of drug-likeness (QED) is 0.675. The Balaban J connectivity index is 2.65. The summed E-state index contributed by atoms with van der Waals surface area (Å²) in [5.41, 5.74) is 0. The lowest BCUT2D eigenvalue weighted by Gasteiger charge is -2.28. The van der Waals surface area contributed by atoms with E-state index in [9.17, 15) is 9.59 Å². The summed E-state index contributed by atoms with van der Waals surface area (Å²) in [4.78, 5) is 24.5. The third-order valence-corrected chi connectivity index (χ3v) is 3.14. The van der Waals surface area contributed by atoms with E-state index in [0.717, 1.165) is 0 Å². The van der Waals surface area contributed by atoms with Crippen molar-refractivity contribution in [1.82, 2.24) is 10.2 Å². The Bertz CT molecular complexity index is 295. The average molecular weight is 244 g/mol. The molecule has 1 aliphatic heterocycles. The molecule has 1 rings (SSSR count). The van der Waals surface area contributed by atoms with E-state index in [1.807, 2.05) is 6.92 Å². The Morgan fingerprint density at radius 3 is 2.71 bits per heavy atom. The van der Waals surface area contributed by atoms with Crippen LogP contribution in [0.1, 0.15) is 6.92 Å². The molecule has 0 saturated carbocycles. The van der Waals surface area contributed by atoms with E-state index in [4.69, 9.17) is 9.84 Å². The standard InChI is InChI=1S/C11H20N2O4/c1-7(4-12-2)10(14)13(3)9-6-17-5-8(9)11(15)16/h7-9,12H,4-6H2,1-3H3,(H,15,16). The number of rotatable bonds is 5. The molecule has 1 heterocycles. The first-order chi connectivity index (χ1) is 7.99. The highest BCUT2D eigenvalue weighted by Gasteiger charge is 2.39. The van der Waals surface area contributed by atoms with Crippen molar-refractivity contribution in [3.8, 4) is 0 Å². The van der Waals surface area contributed by atoms with Crippen LogP contribution in [0.2, 0.25) is 0 Å². The molecule has 0 bridgehead atoms. The van der Waals surface area contributed by atoms with Crippen LogP contribution in [0.15, 0.2) is 0 Å². The molecule has 6 heteroatoms. The van der Waals surface area contributed by atoms with Gasteiger partial charge in [-0.25, -0.2) is 0 Å². The number of carbonyl (C=O) groups is 2. The second-order valence-electron chi connectivity index (χ2n) is 4.46. The fraction of sp³-hybridized carbons (Fsp3) is 0.818. The molecule has 0 aromatic rings. The van der Waals surface area contributed by atoms with Gasteiger partial charge >= 0.3 is 5.97 Å². The van der Waals surface area contributed by atoms with E-state index < -0.39 is 11.9 Å². The average Bonchev–Trinajstić information content (AvgIpc) is 2.76. The number of carbonyl (C=O) groups excluding carboxylic acids is 1. The molecule has 0 spiro atoms. The van der Waals surface area contributed by atoms with Crippen molar-refractivity contribution in [2.45, 2.75) is 13.0 Å². The summed E-state index contributed by atoms with van der Waals surface area (Å²) in [6, 6.07) is -0.362. The second-order valence-corrected chi connectivity index (χ2v) is 4.46. The molecule has 6 nitrogen and oxygen atoms in total. The minimum Gasteiger partial charge on any atom is -0.481 e. The number of ether oxygens (including phenoxy) is 1. The molecule has 0 radical (unpaired) electrons. The third-order valence-electron chi connectivity index (χ3n) is 3.14. The second kappa shape index (κ2) is 5.97. The van der Waals surface area contributed by atoms with Gasteiger partial charge in [0.25, 0.3) is 0 Å². The third kappa shape index (κ3) is 3.17. The number of hydrogen-bond acceptors (Lipinski definition) is 4. The van der Waals surface area contributed by atoms with Crippen molar-refractivity contribution >= 4 is 11.9 Å². The fourth-order valence-corrected chi connectivity index (χ4v) is 2.07. The van der Waals surface area contributed by atoms with Gasteiger partial charge in [-0.3, -0.25) is 9.59 Å². The predicted molar refractivity (Wildman–Crippen MR) is 61.6 cm³/mol. The Hall–Kier alpha value is -1.14. The zero-order valence-corrected chi connectivity index (χ0v) is 10.5. The van der Waals surface area contributed by atoms with Crippen LogP contribution < -0.4 is 5.32 Å². The van der Waals surface area contributed by atoms with Gasteiger partial charge in [0.05, 0.1) is 19.3 Å². The lowest BCUT2D eigenvalue weighted by Crippen LogP contribution is -2.47. The number of aliphatic carboxylic acids is 1. The summed E-state index contributed by atoms with van der Waals surface area (Å²) in [6.07, 6.45) is 0. The molecule has 3 unspecified atom stereocenters. The zero-order valence-electron chi connectivity index (χ0n) is 10.5. The largest absolute Gasteiger partial charge is 0.481 e. The van der Waals surface area contributed by atoms with Gasteiger partial charge in [-0.15, -0.1) is 0 Å². The van der Waals surface area contributed by atoms with E-state index in [1.54, 1.807) is 14.1 Å². The van der Waals surface area contributed by atoms with Gasteiger partial charge < -0.3 is 20.1 Å². The van der Waals surface area contributed by atoms with E-state index in [0.29, 0.717) is 13.2 Å². The SMILES string of the molecule is CNCC(C)C(=O)N(C)C1COCC1C(=O)O. The van der Waals surface area contributed by atoms with Crippen molar-refractivity contribution in [3.63, 3.8) is 0 Å². The molecule has 3 atom stereocenters. The molecule has 2 N–H and O–H groups in total.